The minimum atomic E-state index is -2.86. The number of ketones is 1. The first-order chi connectivity index (χ1) is 14.5. The highest BCUT2D eigenvalue weighted by molar-refractivity contribution is 6.11. The second-order valence-corrected chi connectivity index (χ2v) is 8.09. The van der Waals surface area contributed by atoms with Gasteiger partial charge in [-0.05, 0) is 44.9 Å². The van der Waals surface area contributed by atoms with Crippen molar-refractivity contribution in [2.24, 2.45) is 0 Å². The lowest BCUT2D eigenvalue weighted by molar-refractivity contribution is -0.135. The minimum Gasteiger partial charge on any atom is -0.323 e. The molecule has 10 heteroatoms. The fourth-order valence-corrected chi connectivity index (χ4v) is 4.32. The number of carbonyl (C=O) groups is 3. The molecular formula is C21H21F3N4O3. The summed E-state index contributed by atoms with van der Waals surface area (Å²) in [5, 5.41) is 2.51. The van der Waals surface area contributed by atoms with Crippen LogP contribution >= 0.6 is 0 Å². The highest BCUT2D eigenvalue weighted by atomic mass is 19.3. The summed E-state index contributed by atoms with van der Waals surface area (Å²) in [6, 6.07) is 5.02. The number of nitrogens with zero attached hydrogens (tertiary/aromatic N) is 3. The van der Waals surface area contributed by atoms with Gasteiger partial charge in [-0.15, -0.1) is 0 Å². The van der Waals surface area contributed by atoms with Crippen LogP contribution in [0.2, 0.25) is 0 Å². The molecule has 31 heavy (non-hydrogen) atoms. The third kappa shape index (κ3) is 3.60. The fourth-order valence-electron chi connectivity index (χ4n) is 4.32. The Morgan fingerprint density at radius 2 is 1.84 bits per heavy atom. The van der Waals surface area contributed by atoms with E-state index in [-0.39, 0.29) is 18.5 Å². The van der Waals surface area contributed by atoms with Crippen molar-refractivity contribution >= 4 is 17.7 Å². The van der Waals surface area contributed by atoms with Gasteiger partial charge in [0.05, 0.1) is 12.2 Å². The molecule has 0 bridgehead atoms. The molecule has 4 rings (SSSR count). The number of nitrogens with one attached hydrogen (secondary N) is 1. The van der Waals surface area contributed by atoms with Crippen LogP contribution in [0, 0.1) is 19.7 Å². The summed E-state index contributed by atoms with van der Waals surface area (Å²) in [5.74, 6) is -4.11. The highest BCUT2D eigenvalue weighted by Crippen LogP contribution is 2.41. The maximum Gasteiger partial charge on any atom is 0.325 e. The van der Waals surface area contributed by atoms with Gasteiger partial charge in [-0.1, -0.05) is 6.07 Å². The molecule has 2 fully saturated rings. The normalized spacial score (nSPS) is 19.7. The molecule has 7 nitrogen and oxygen atoms in total. The van der Waals surface area contributed by atoms with Crippen LogP contribution < -0.4 is 5.32 Å². The number of alkyl halides is 2. The maximum absolute atomic E-state index is 13.6. The number of imide groups is 1. The van der Waals surface area contributed by atoms with E-state index in [1.54, 1.807) is 24.5 Å². The van der Waals surface area contributed by atoms with Crippen molar-refractivity contribution in [2.75, 3.05) is 6.54 Å². The summed E-state index contributed by atoms with van der Waals surface area (Å²) >= 11 is 0. The van der Waals surface area contributed by atoms with Crippen LogP contribution in [-0.4, -0.2) is 50.2 Å². The Labute approximate surface area is 176 Å². The average Bonchev–Trinajstić information content (AvgIpc) is 3.12. The molecular weight excluding hydrogens is 413 g/mol. The van der Waals surface area contributed by atoms with E-state index in [9.17, 15) is 27.6 Å². The number of Topliss-reactive ketones (excluding diaryl/α,β-unsaturated/α-hetero) is 1. The smallest absolute Gasteiger partial charge is 0.323 e. The Balaban J connectivity index is 1.56. The van der Waals surface area contributed by atoms with Gasteiger partial charge >= 0.3 is 6.03 Å². The number of imidazole rings is 1. The molecule has 1 aromatic carbocycles. The molecule has 0 unspecified atom stereocenters. The number of hydrogen-bond donors (Lipinski definition) is 1. The van der Waals surface area contributed by atoms with Gasteiger partial charge in [0.1, 0.15) is 22.9 Å². The zero-order valence-electron chi connectivity index (χ0n) is 17.0. The molecule has 1 spiro atoms. The van der Waals surface area contributed by atoms with Gasteiger partial charge < -0.3 is 9.88 Å². The molecule has 2 aromatic rings. The topological polar surface area (TPSA) is 84.3 Å². The van der Waals surface area contributed by atoms with Gasteiger partial charge in [0.15, 0.2) is 0 Å². The number of carbonyl (C=O) groups excluding carboxylic acids is 3. The van der Waals surface area contributed by atoms with E-state index >= 15 is 0 Å². The van der Waals surface area contributed by atoms with E-state index in [0.29, 0.717) is 17.2 Å². The lowest BCUT2D eigenvalue weighted by Crippen LogP contribution is -2.51. The van der Waals surface area contributed by atoms with Crippen molar-refractivity contribution in [3.63, 3.8) is 0 Å². The van der Waals surface area contributed by atoms with Crippen LogP contribution in [0.5, 0.6) is 0 Å². The zero-order chi connectivity index (χ0) is 22.6. The predicted molar refractivity (Wildman–Crippen MR) is 104 cm³/mol. The molecule has 2 aliphatic rings. The predicted octanol–water partition coefficient (Wildman–Crippen LogP) is 3.31. The lowest BCUT2D eigenvalue weighted by atomic mass is 9.80. The zero-order valence-corrected chi connectivity index (χ0v) is 17.0. The van der Waals surface area contributed by atoms with Crippen LogP contribution in [0.1, 0.15) is 47.7 Å². The SMILES string of the molecule is Cc1nc(C(=O)CN2C(=O)NC3(CCC(F)(F)CC3)C2=O)c(C)n1-c1cccc(F)c1. The fraction of sp³-hybridized carbons (Fsp3) is 0.429. The Hall–Kier alpha value is -3.17. The first kappa shape index (κ1) is 21.1. The van der Waals surface area contributed by atoms with Crippen LogP contribution in [0.15, 0.2) is 24.3 Å². The van der Waals surface area contributed by atoms with Gasteiger partial charge in [-0.25, -0.2) is 22.9 Å². The molecule has 1 N–H and O–H groups in total. The molecule has 164 valence electrons. The molecule has 3 amide bonds. The minimum absolute atomic E-state index is 0.0542. The standard InChI is InChI=1S/C21H21F3N4O3/c1-12-17(25-13(2)28(12)15-5-3-4-14(22)10-15)16(29)11-27-18(30)20(26-19(27)31)6-8-21(23,24)9-7-20/h3-5,10H,6-9,11H2,1-2H3,(H,26,31). The first-order valence-electron chi connectivity index (χ1n) is 9.90. The van der Waals surface area contributed by atoms with E-state index in [0.717, 1.165) is 4.90 Å². The number of urea groups is 1. The molecule has 1 aromatic heterocycles. The van der Waals surface area contributed by atoms with Crippen molar-refractivity contribution in [2.45, 2.75) is 51.0 Å². The van der Waals surface area contributed by atoms with E-state index in [1.165, 1.54) is 18.2 Å². The summed E-state index contributed by atoms with van der Waals surface area (Å²) in [6.45, 7) is 2.73. The first-order valence-corrected chi connectivity index (χ1v) is 9.90. The summed E-state index contributed by atoms with van der Waals surface area (Å²) in [4.78, 5) is 43.2. The van der Waals surface area contributed by atoms with Gasteiger partial charge in [0, 0.05) is 18.5 Å². The van der Waals surface area contributed by atoms with Gasteiger partial charge in [0.2, 0.25) is 11.7 Å². The van der Waals surface area contributed by atoms with Crippen LogP contribution in [0.3, 0.4) is 0 Å². The molecule has 2 heterocycles. The Morgan fingerprint density at radius 1 is 1.16 bits per heavy atom. The number of hydrogen-bond acceptors (Lipinski definition) is 4. The number of aromatic nitrogens is 2. The quantitative estimate of drug-likeness (QED) is 0.591. The van der Waals surface area contributed by atoms with Crippen LogP contribution in [0.4, 0.5) is 18.0 Å². The molecule has 1 aliphatic carbocycles. The van der Waals surface area contributed by atoms with Gasteiger partial charge in [-0.2, -0.15) is 0 Å². The second-order valence-electron chi connectivity index (χ2n) is 8.09. The maximum atomic E-state index is 13.6. The monoisotopic (exact) mass is 434 g/mol. The number of halogens is 3. The summed E-state index contributed by atoms with van der Waals surface area (Å²) in [7, 11) is 0. The molecule has 0 atom stereocenters. The number of benzene rings is 1. The third-order valence-electron chi connectivity index (χ3n) is 5.99. The molecule has 1 saturated carbocycles. The second kappa shape index (κ2) is 7.21. The Kier molecular flexibility index (Phi) is 4.90. The Bertz CT molecular complexity index is 1090. The number of rotatable bonds is 4. The van der Waals surface area contributed by atoms with Crippen molar-refractivity contribution in [1.29, 1.82) is 0 Å². The van der Waals surface area contributed by atoms with Gasteiger partial charge in [-0.3, -0.25) is 14.5 Å². The van der Waals surface area contributed by atoms with E-state index in [4.69, 9.17) is 0 Å². The molecule has 1 saturated heterocycles. The summed E-state index contributed by atoms with van der Waals surface area (Å²) in [6.07, 6.45) is -1.36. The van der Waals surface area contributed by atoms with Crippen molar-refractivity contribution in [1.82, 2.24) is 19.8 Å². The van der Waals surface area contributed by atoms with E-state index < -0.39 is 54.4 Å². The van der Waals surface area contributed by atoms with E-state index in [2.05, 4.69) is 10.3 Å². The lowest BCUT2D eigenvalue weighted by Gasteiger charge is -2.34. The average molecular weight is 434 g/mol. The molecule has 0 radical (unpaired) electrons. The van der Waals surface area contributed by atoms with Crippen molar-refractivity contribution in [3.8, 4) is 5.69 Å². The van der Waals surface area contributed by atoms with Crippen molar-refractivity contribution < 1.29 is 27.6 Å². The van der Waals surface area contributed by atoms with Crippen molar-refractivity contribution in [3.05, 3.63) is 47.3 Å². The molecule has 1 aliphatic heterocycles. The third-order valence-corrected chi connectivity index (χ3v) is 5.99. The number of amides is 3. The number of aryl methyl sites for hydroxylation is 1. The van der Waals surface area contributed by atoms with Crippen LogP contribution in [-0.2, 0) is 4.79 Å². The summed E-state index contributed by atoms with van der Waals surface area (Å²) < 4.78 is 42.3. The largest absolute Gasteiger partial charge is 0.325 e. The van der Waals surface area contributed by atoms with Gasteiger partial charge in [0.25, 0.3) is 5.91 Å². The summed E-state index contributed by atoms with van der Waals surface area (Å²) in [5.41, 5.74) is -0.408. The van der Waals surface area contributed by atoms with E-state index in [1.807, 2.05) is 0 Å². The highest BCUT2D eigenvalue weighted by Gasteiger charge is 2.55. The Morgan fingerprint density at radius 3 is 2.48 bits per heavy atom. The van der Waals surface area contributed by atoms with Crippen LogP contribution in [0.25, 0.3) is 5.69 Å².